The highest BCUT2D eigenvalue weighted by molar-refractivity contribution is 6.04. The highest BCUT2D eigenvalue weighted by Gasteiger charge is 2.20. The second-order valence-electron chi connectivity index (χ2n) is 4.80. The lowest BCUT2D eigenvalue weighted by atomic mass is 10.1. The lowest BCUT2D eigenvalue weighted by Gasteiger charge is -2.02. The number of rotatable bonds is 7. The molecule has 0 saturated heterocycles. The molecule has 124 valence electrons. The van der Waals surface area contributed by atoms with Crippen LogP contribution in [0.25, 0.3) is 0 Å². The zero-order valence-corrected chi connectivity index (χ0v) is 13.5. The van der Waals surface area contributed by atoms with Crippen LogP contribution in [0.5, 0.6) is 0 Å². The minimum Gasteiger partial charge on any atom is -0.463 e. The average Bonchev–Trinajstić information content (AvgIpc) is 2.78. The Balaban J connectivity index is 2.68. The molecular weight excluding hydrogens is 302 g/mol. The summed E-state index contributed by atoms with van der Waals surface area (Å²) in [5, 5.41) is 0. The normalized spacial score (nSPS) is 10.6. The van der Waals surface area contributed by atoms with Crippen LogP contribution in [0.1, 0.15) is 46.0 Å². The molecule has 0 amide bonds. The number of Topliss-reactive ketones (excluding diaryl/α,β-unsaturated/α-hetero) is 2. The van der Waals surface area contributed by atoms with E-state index in [-0.39, 0.29) is 18.1 Å². The highest BCUT2D eigenvalue weighted by Crippen LogP contribution is 2.18. The van der Waals surface area contributed by atoms with Crippen LogP contribution in [0.15, 0.2) is 12.2 Å². The van der Waals surface area contributed by atoms with Gasteiger partial charge in [-0.1, -0.05) is 0 Å². The third-order valence-corrected chi connectivity index (χ3v) is 3.06. The van der Waals surface area contributed by atoms with Crippen molar-refractivity contribution in [3.63, 3.8) is 0 Å². The van der Waals surface area contributed by atoms with Crippen molar-refractivity contribution in [3.8, 4) is 0 Å². The number of hydrogen-bond donors (Lipinski definition) is 1. The maximum absolute atomic E-state index is 12.1. The Labute approximate surface area is 133 Å². The number of aromatic amines is 1. The van der Waals surface area contributed by atoms with Crippen molar-refractivity contribution in [3.05, 3.63) is 34.7 Å². The van der Waals surface area contributed by atoms with E-state index in [4.69, 9.17) is 4.74 Å². The zero-order valence-electron chi connectivity index (χ0n) is 13.5. The molecule has 0 unspecified atom stereocenters. The summed E-state index contributed by atoms with van der Waals surface area (Å²) in [5.74, 6) is -2.11. The first-order chi connectivity index (χ1) is 10.8. The molecule has 0 atom stereocenters. The molecular formula is C16H19NO6. The van der Waals surface area contributed by atoms with Crippen molar-refractivity contribution >= 4 is 23.5 Å². The number of ether oxygens (including phenoxy) is 2. The number of aromatic nitrogens is 1. The molecule has 1 rings (SSSR count). The summed E-state index contributed by atoms with van der Waals surface area (Å²) in [6, 6.07) is 0. The maximum Gasteiger partial charge on any atom is 0.331 e. The first-order valence-electron chi connectivity index (χ1n) is 7.02. The lowest BCUT2D eigenvalue weighted by molar-refractivity contribution is -0.139. The van der Waals surface area contributed by atoms with Crippen molar-refractivity contribution in [2.75, 3.05) is 13.2 Å². The van der Waals surface area contributed by atoms with Gasteiger partial charge >= 0.3 is 11.9 Å². The van der Waals surface area contributed by atoms with Crippen molar-refractivity contribution in [2.24, 2.45) is 0 Å². The molecule has 0 aliphatic rings. The molecule has 1 aromatic heterocycles. The van der Waals surface area contributed by atoms with Crippen LogP contribution >= 0.6 is 0 Å². The number of carbonyl (C=O) groups is 4. The van der Waals surface area contributed by atoms with Crippen LogP contribution in [0, 0.1) is 13.8 Å². The van der Waals surface area contributed by atoms with Gasteiger partial charge in [-0.2, -0.15) is 0 Å². The summed E-state index contributed by atoms with van der Waals surface area (Å²) in [5.41, 5.74) is 1.81. The monoisotopic (exact) mass is 321 g/mol. The van der Waals surface area contributed by atoms with Crippen molar-refractivity contribution in [1.29, 1.82) is 0 Å². The van der Waals surface area contributed by atoms with Gasteiger partial charge in [-0.25, -0.2) is 9.59 Å². The maximum atomic E-state index is 12.1. The molecule has 0 radical (unpaired) electrons. The van der Waals surface area contributed by atoms with Crippen LogP contribution in [-0.4, -0.2) is 41.7 Å². The first kappa shape index (κ1) is 18.3. The fourth-order valence-electron chi connectivity index (χ4n) is 2.14. The standard InChI is InChI=1S/C16H19NO6/c1-5-22-13(20)6-7-14(21)23-8-12(19)16-9(2)15(11(4)18)10(3)17-16/h6-7,17H,5,8H2,1-4H3. The predicted octanol–water partition coefficient (Wildman–Crippen LogP) is 1.68. The largest absolute Gasteiger partial charge is 0.463 e. The van der Waals surface area contributed by atoms with Gasteiger partial charge in [0.2, 0.25) is 5.78 Å². The van der Waals surface area contributed by atoms with Crippen LogP contribution < -0.4 is 0 Å². The molecule has 0 bridgehead atoms. The molecule has 0 spiro atoms. The predicted molar refractivity (Wildman–Crippen MR) is 81.3 cm³/mol. The Hall–Kier alpha value is -2.70. The van der Waals surface area contributed by atoms with Gasteiger partial charge < -0.3 is 14.5 Å². The summed E-state index contributed by atoms with van der Waals surface area (Å²) in [6.45, 7) is 6.09. The summed E-state index contributed by atoms with van der Waals surface area (Å²) in [7, 11) is 0. The SMILES string of the molecule is CCOC(=O)C=CC(=O)OCC(=O)c1[nH]c(C)c(C(C)=O)c1C. The third-order valence-electron chi connectivity index (χ3n) is 3.06. The van der Waals surface area contributed by atoms with Gasteiger partial charge in [0.05, 0.1) is 12.3 Å². The molecule has 23 heavy (non-hydrogen) atoms. The quantitative estimate of drug-likeness (QED) is 0.465. The first-order valence-corrected chi connectivity index (χ1v) is 7.02. The Morgan fingerprint density at radius 2 is 1.61 bits per heavy atom. The molecule has 0 fully saturated rings. The van der Waals surface area contributed by atoms with Crippen LogP contribution in [0.3, 0.4) is 0 Å². The van der Waals surface area contributed by atoms with E-state index in [2.05, 4.69) is 9.72 Å². The number of H-pyrrole nitrogens is 1. The van der Waals surface area contributed by atoms with Crippen molar-refractivity contribution in [2.45, 2.75) is 27.7 Å². The molecule has 0 saturated carbocycles. The lowest BCUT2D eigenvalue weighted by Crippen LogP contribution is -2.14. The fourth-order valence-corrected chi connectivity index (χ4v) is 2.14. The number of carbonyl (C=O) groups excluding carboxylic acids is 4. The molecule has 1 N–H and O–H groups in total. The van der Waals surface area contributed by atoms with Gasteiger partial charge in [0, 0.05) is 23.4 Å². The van der Waals surface area contributed by atoms with E-state index in [0.717, 1.165) is 12.2 Å². The second kappa shape index (κ2) is 8.07. The minimum absolute atomic E-state index is 0.148. The highest BCUT2D eigenvalue weighted by atomic mass is 16.5. The van der Waals surface area contributed by atoms with Crippen molar-refractivity contribution < 1.29 is 28.7 Å². The molecule has 0 aliphatic carbocycles. The van der Waals surface area contributed by atoms with Crippen LogP contribution in [-0.2, 0) is 19.1 Å². The third kappa shape index (κ3) is 4.91. The summed E-state index contributed by atoms with van der Waals surface area (Å²) in [4.78, 5) is 48.9. The topological polar surface area (TPSA) is 103 Å². The smallest absolute Gasteiger partial charge is 0.331 e. The van der Waals surface area contributed by atoms with E-state index >= 15 is 0 Å². The number of esters is 2. The molecule has 0 aromatic carbocycles. The summed E-state index contributed by atoms with van der Waals surface area (Å²) in [6.07, 6.45) is 1.81. The molecule has 1 heterocycles. The van der Waals surface area contributed by atoms with E-state index in [0.29, 0.717) is 16.8 Å². The Morgan fingerprint density at radius 3 is 2.09 bits per heavy atom. The number of nitrogens with one attached hydrogen (secondary N) is 1. The van der Waals surface area contributed by atoms with Gasteiger partial charge in [0.1, 0.15) is 0 Å². The number of aryl methyl sites for hydroxylation is 1. The van der Waals surface area contributed by atoms with E-state index < -0.39 is 24.3 Å². The second-order valence-corrected chi connectivity index (χ2v) is 4.80. The Morgan fingerprint density at radius 1 is 1.04 bits per heavy atom. The van der Waals surface area contributed by atoms with E-state index in [1.165, 1.54) is 6.92 Å². The van der Waals surface area contributed by atoms with Crippen LogP contribution in [0.2, 0.25) is 0 Å². The fraction of sp³-hybridized carbons (Fsp3) is 0.375. The number of hydrogen-bond acceptors (Lipinski definition) is 6. The molecule has 7 nitrogen and oxygen atoms in total. The molecule has 1 aromatic rings. The Kier molecular flexibility index (Phi) is 6.44. The van der Waals surface area contributed by atoms with E-state index in [1.54, 1.807) is 20.8 Å². The average molecular weight is 321 g/mol. The minimum atomic E-state index is -0.834. The molecule has 7 heteroatoms. The summed E-state index contributed by atoms with van der Waals surface area (Å²) >= 11 is 0. The van der Waals surface area contributed by atoms with Gasteiger partial charge in [0.15, 0.2) is 12.4 Å². The number of ketones is 2. The van der Waals surface area contributed by atoms with E-state index in [9.17, 15) is 19.2 Å². The zero-order chi connectivity index (χ0) is 17.6. The van der Waals surface area contributed by atoms with Gasteiger partial charge in [-0.3, -0.25) is 9.59 Å². The summed E-state index contributed by atoms with van der Waals surface area (Å²) < 4.78 is 9.37. The van der Waals surface area contributed by atoms with Gasteiger partial charge in [0.25, 0.3) is 0 Å². The van der Waals surface area contributed by atoms with Crippen molar-refractivity contribution in [1.82, 2.24) is 4.98 Å². The van der Waals surface area contributed by atoms with Crippen LogP contribution in [0.4, 0.5) is 0 Å². The molecule has 0 aliphatic heterocycles. The van der Waals surface area contributed by atoms with Gasteiger partial charge in [-0.15, -0.1) is 0 Å². The Bertz CT molecular complexity index is 668. The van der Waals surface area contributed by atoms with Gasteiger partial charge in [-0.05, 0) is 33.3 Å². The van der Waals surface area contributed by atoms with E-state index in [1.807, 2.05) is 0 Å².